The van der Waals surface area contributed by atoms with Crippen molar-refractivity contribution in [2.24, 2.45) is 0 Å². The van der Waals surface area contributed by atoms with Crippen molar-refractivity contribution in [1.29, 1.82) is 0 Å². The molecule has 0 unspecified atom stereocenters. The Morgan fingerprint density at radius 2 is 1.95 bits per heavy atom. The van der Waals surface area contributed by atoms with Crippen LogP contribution < -0.4 is 4.72 Å². The van der Waals surface area contributed by atoms with Crippen molar-refractivity contribution in [3.05, 3.63) is 36.5 Å². The number of hydrogen-bond acceptors (Lipinski definition) is 5. The van der Waals surface area contributed by atoms with Crippen LogP contribution in [0.2, 0.25) is 0 Å². The second-order valence-electron chi connectivity index (χ2n) is 4.08. The van der Waals surface area contributed by atoms with Crippen LogP contribution in [0.3, 0.4) is 0 Å². The lowest BCUT2D eigenvalue weighted by molar-refractivity contribution is -0.0960. The molecule has 2 rings (SSSR count). The number of sulfonamides is 1. The summed E-state index contributed by atoms with van der Waals surface area (Å²) in [4.78, 5) is 4.33. The molecule has 1 N–H and O–H groups in total. The summed E-state index contributed by atoms with van der Waals surface area (Å²) in [7, 11) is -0.755. The highest BCUT2D eigenvalue weighted by Crippen LogP contribution is 2.20. The van der Waals surface area contributed by atoms with Gasteiger partial charge in [-0.3, -0.25) is 4.98 Å². The molecule has 7 heteroatoms. The van der Waals surface area contributed by atoms with E-state index in [1.54, 1.807) is 36.5 Å². The molecule has 0 atom stereocenters. The molecular formula is C13H16N2O4S. The number of methoxy groups -OCH3 is 2. The van der Waals surface area contributed by atoms with E-state index in [4.69, 9.17) is 9.47 Å². The van der Waals surface area contributed by atoms with Crippen LogP contribution in [-0.4, -0.2) is 40.5 Å². The molecule has 0 radical (unpaired) electrons. The van der Waals surface area contributed by atoms with Gasteiger partial charge in [-0.1, -0.05) is 6.07 Å². The molecule has 0 saturated carbocycles. The first-order valence-corrected chi connectivity index (χ1v) is 7.46. The standard InChI is InChI=1S/C13H16N2O4S/c1-18-13(19-2)9-15-20(16,17)12-7-3-6-11-10(12)5-4-8-14-11/h3-8,13,15H,9H2,1-2H3. The third-order valence-electron chi connectivity index (χ3n) is 2.86. The first-order chi connectivity index (χ1) is 9.58. The number of benzene rings is 1. The third-order valence-corrected chi connectivity index (χ3v) is 4.34. The fourth-order valence-electron chi connectivity index (χ4n) is 1.83. The van der Waals surface area contributed by atoms with Crippen molar-refractivity contribution in [1.82, 2.24) is 9.71 Å². The van der Waals surface area contributed by atoms with Gasteiger partial charge in [0.15, 0.2) is 6.29 Å². The van der Waals surface area contributed by atoms with Gasteiger partial charge < -0.3 is 9.47 Å². The highest BCUT2D eigenvalue weighted by atomic mass is 32.2. The zero-order valence-corrected chi connectivity index (χ0v) is 12.1. The molecular weight excluding hydrogens is 280 g/mol. The van der Waals surface area contributed by atoms with Crippen molar-refractivity contribution in [2.75, 3.05) is 20.8 Å². The number of aromatic nitrogens is 1. The number of hydrogen-bond donors (Lipinski definition) is 1. The van der Waals surface area contributed by atoms with Crippen LogP contribution in [0.5, 0.6) is 0 Å². The minimum atomic E-state index is -3.65. The van der Waals surface area contributed by atoms with Gasteiger partial charge in [0.2, 0.25) is 10.0 Å². The summed E-state index contributed by atoms with van der Waals surface area (Å²) in [5.74, 6) is 0. The van der Waals surface area contributed by atoms with Crippen LogP contribution in [0.15, 0.2) is 41.4 Å². The van der Waals surface area contributed by atoms with E-state index < -0.39 is 16.3 Å². The number of nitrogens with one attached hydrogen (secondary N) is 1. The molecule has 1 heterocycles. The van der Waals surface area contributed by atoms with Crippen molar-refractivity contribution >= 4 is 20.9 Å². The maximum atomic E-state index is 12.3. The average molecular weight is 296 g/mol. The van der Waals surface area contributed by atoms with Gasteiger partial charge in [-0.05, 0) is 24.3 Å². The summed E-state index contributed by atoms with van der Waals surface area (Å²) in [5, 5.41) is 0.578. The highest BCUT2D eigenvalue weighted by molar-refractivity contribution is 7.89. The summed E-state index contributed by atoms with van der Waals surface area (Å²) in [6, 6.07) is 8.39. The molecule has 6 nitrogen and oxygen atoms in total. The summed E-state index contributed by atoms with van der Waals surface area (Å²) in [6.07, 6.45) is 0.996. The van der Waals surface area contributed by atoms with Crippen LogP contribution in [0.1, 0.15) is 0 Å². The van der Waals surface area contributed by atoms with Gasteiger partial charge in [-0.15, -0.1) is 0 Å². The van der Waals surface area contributed by atoms with Gasteiger partial charge >= 0.3 is 0 Å². The third kappa shape index (κ3) is 3.13. The Hall–Kier alpha value is -1.54. The molecule has 0 saturated heterocycles. The molecule has 0 aliphatic carbocycles. The Morgan fingerprint density at radius 1 is 1.20 bits per heavy atom. The van der Waals surface area contributed by atoms with E-state index in [1.807, 2.05) is 0 Å². The summed E-state index contributed by atoms with van der Waals surface area (Å²) < 4.78 is 37.0. The van der Waals surface area contributed by atoms with Crippen LogP contribution in [0.4, 0.5) is 0 Å². The molecule has 0 amide bonds. The van der Waals surface area contributed by atoms with E-state index >= 15 is 0 Å². The molecule has 1 aromatic carbocycles. The van der Waals surface area contributed by atoms with Gasteiger partial charge in [0.05, 0.1) is 17.0 Å². The van der Waals surface area contributed by atoms with Gasteiger partial charge in [0.25, 0.3) is 0 Å². The SMILES string of the molecule is COC(CNS(=O)(=O)c1cccc2ncccc12)OC. The Labute approximate surface area is 117 Å². The number of rotatable bonds is 6. The van der Waals surface area contributed by atoms with E-state index in [9.17, 15) is 8.42 Å². The summed E-state index contributed by atoms with van der Waals surface area (Å²) in [6.45, 7) is 0.0337. The average Bonchev–Trinajstić information content (AvgIpc) is 2.47. The summed E-state index contributed by atoms with van der Waals surface area (Å²) >= 11 is 0. The number of fused-ring (bicyclic) bond motifs is 1. The molecule has 20 heavy (non-hydrogen) atoms. The predicted molar refractivity (Wildman–Crippen MR) is 74.7 cm³/mol. The smallest absolute Gasteiger partial charge is 0.241 e. The number of nitrogens with zero attached hydrogens (tertiary/aromatic N) is 1. The summed E-state index contributed by atoms with van der Waals surface area (Å²) in [5.41, 5.74) is 0.630. The van der Waals surface area contributed by atoms with Crippen molar-refractivity contribution in [3.63, 3.8) is 0 Å². The Bertz CT molecular complexity index is 678. The van der Waals surface area contributed by atoms with Crippen LogP contribution in [0, 0.1) is 0 Å². The van der Waals surface area contributed by atoms with E-state index in [1.165, 1.54) is 14.2 Å². The number of pyridine rings is 1. The molecule has 0 spiro atoms. The Balaban J connectivity index is 2.32. The number of ether oxygens (including phenoxy) is 2. The van der Waals surface area contributed by atoms with E-state index in [-0.39, 0.29) is 11.4 Å². The lowest BCUT2D eigenvalue weighted by atomic mass is 10.2. The minimum absolute atomic E-state index is 0.0337. The minimum Gasteiger partial charge on any atom is -0.355 e. The van der Waals surface area contributed by atoms with Gasteiger partial charge in [-0.2, -0.15) is 0 Å². The second-order valence-corrected chi connectivity index (χ2v) is 5.81. The second kappa shape index (κ2) is 6.27. The van der Waals surface area contributed by atoms with Gasteiger partial charge in [0, 0.05) is 25.8 Å². The van der Waals surface area contributed by atoms with Crippen molar-refractivity contribution in [2.45, 2.75) is 11.2 Å². The zero-order chi connectivity index (χ0) is 14.6. The Kier molecular flexibility index (Phi) is 4.66. The maximum absolute atomic E-state index is 12.3. The molecule has 108 valence electrons. The van der Waals surface area contributed by atoms with Crippen LogP contribution in [0.25, 0.3) is 10.9 Å². The van der Waals surface area contributed by atoms with Crippen molar-refractivity contribution in [3.8, 4) is 0 Å². The zero-order valence-electron chi connectivity index (χ0n) is 11.2. The fraction of sp³-hybridized carbons (Fsp3) is 0.308. The molecule has 2 aromatic rings. The fourth-order valence-corrected chi connectivity index (χ4v) is 3.06. The van der Waals surface area contributed by atoms with Crippen LogP contribution >= 0.6 is 0 Å². The monoisotopic (exact) mass is 296 g/mol. The van der Waals surface area contributed by atoms with E-state index in [0.29, 0.717) is 10.9 Å². The largest absolute Gasteiger partial charge is 0.355 e. The first kappa shape index (κ1) is 14.9. The normalized spacial score (nSPS) is 12.2. The lowest BCUT2D eigenvalue weighted by Gasteiger charge is -2.15. The topological polar surface area (TPSA) is 77.5 Å². The quantitative estimate of drug-likeness (QED) is 0.809. The van der Waals surface area contributed by atoms with E-state index in [2.05, 4.69) is 9.71 Å². The predicted octanol–water partition coefficient (Wildman–Crippen LogP) is 1.13. The first-order valence-electron chi connectivity index (χ1n) is 5.97. The molecule has 0 fully saturated rings. The highest BCUT2D eigenvalue weighted by Gasteiger charge is 2.19. The maximum Gasteiger partial charge on any atom is 0.241 e. The molecule has 0 bridgehead atoms. The van der Waals surface area contributed by atoms with Crippen LogP contribution in [-0.2, 0) is 19.5 Å². The van der Waals surface area contributed by atoms with Crippen molar-refractivity contribution < 1.29 is 17.9 Å². The van der Waals surface area contributed by atoms with Gasteiger partial charge in [-0.25, -0.2) is 13.1 Å². The Morgan fingerprint density at radius 3 is 2.65 bits per heavy atom. The molecule has 0 aliphatic heterocycles. The lowest BCUT2D eigenvalue weighted by Crippen LogP contribution is -2.34. The molecule has 0 aliphatic rings. The molecule has 1 aromatic heterocycles. The van der Waals surface area contributed by atoms with E-state index in [0.717, 1.165) is 0 Å². The van der Waals surface area contributed by atoms with Gasteiger partial charge in [0.1, 0.15) is 0 Å².